The van der Waals surface area contributed by atoms with Gasteiger partial charge in [0.1, 0.15) is 5.69 Å². The van der Waals surface area contributed by atoms with E-state index in [-0.39, 0.29) is 17.7 Å². The van der Waals surface area contributed by atoms with Gasteiger partial charge in [0.15, 0.2) is 5.82 Å². The third kappa shape index (κ3) is 5.68. The third-order valence-corrected chi connectivity index (χ3v) is 6.12. The van der Waals surface area contributed by atoms with Crippen LogP contribution < -0.4 is 15.5 Å². The fourth-order valence-electron chi connectivity index (χ4n) is 4.25. The van der Waals surface area contributed by atoms with Crippen LogP contribution in [0.4, 0.5) is 11.5 Å². The molecule has 0 spiro atoms. The summed E-state index contributed by atoms with van der Waals surface area (Å²) in [5, 5.41) is 10.8. The number of carbonyl (C=O) groups is 2. The highest BCUT2D eigenvalue weighted by atomic mass is 16.2. The molecule has 1 fully saturated rings. The zero-order valence-electron chi connectivity index (χ0n) is 19.7. The smallest absolute Gasteiger partial charge is 0.223 e. The van der Waals surface area contributed by atoms with Crippen LogP contribution in [0.1, 0.15) is 39.3 Å². The first kappa shape index (κ1) is 23.8. The van der Waals surface area contributed by atoms with Crippen molar-refractivity contribution in [1.82, 2.24) is 20.0 Å². The highest BCUT2D eigenvalue weighted by molar-refractivity contribution is 5.93. The highest BCUT2D eigenvalue weighted by Gasteiger charge is 2.29. The molecule has 8 heteroatoms. The maximum Gasteiger partial charge on any atom is 0.223 e. The number of carbonyl (C=O) groups excluding carboxylic acids is 2. The number of benzene rings is 1. The van der Waals surface area contributed by atoms with E-state index < -0.39 is 0 Å². The second kappa shape index (κ2) is 11.1. The first-order chi connectivity index (χ1) is 15.4. The van der Waals surface area contributed by atoms with E-state index in [4.69, 9.17) is 5.10 Å². The topological polar surface area (TPSA) is 82.5 Å². The Kier molecular flexibility index (Phi) is 8.27. The minimum absolute atomic E-state index is 0.0152. The normalized spacial score (nSPS) is 14.6. The first-order valence-corrected chi connectivity index (χ1v) is 11.6. The zero-order chi connectivity index (χ0) is 23.1. The van der Waals surface area contributed by atoms with Crippen molar-refractivity contribution in [2.75, 3.05) is 49.5 Å². The summed E-state index contributed by atoms with van der Waals surface area (Å²) in [5.41, 5.74) is 2.46. The van der Waals surface area contributed by atoms with Gasteiger partial charge >= 0.3 is 0 Å². The molecule has 8 nitrogen and oxygen atoms in total. The lowest BCUT2D eigenvalue weighted by molar-refractivity contribution is -0.125. The molecule has 1 aliphatic heterocycles. The summed E-state index contributed by atoms with van der Waals surface area (Å²) in [6.45, 7) is 12.7. The monoisotopic (exact) mass is 440 g/mol. The van der Waals surface area contributed by atoms with Crippen LogP contribution in [0, 0.1) is 12.8 Å². The van der Waals surface area contributed by atoms with Gasteiger partial charge in [-0.3, -0.25) is 9.59 Å². The molecule has 0 unspecified atom stereocenters. The molecule has 3 rings (SSSR count). The second-order valence-electron chi connectivity index (χ2n) is 8.29. The number of nitrogens with one attached hydrogen (secondary N) is 2. The van der Waals surface area contributed by atoms with Crippen LogP contribution in [0.25, 0.3) is 5.69 Å². The van der Waals surface area contributed by atoms with E-state index in [1.54, 1.807) is 0 Å². The fraction of sp³-hybridized carbons (Fsp3) is 0.542. The molecule has 0 aliphatic carbocycles. The standard InChI is InChI=1S/C24H36N6O2/c1-5-28(6-2)17-14-25-23(32)20-12-15-29(16-13-20)24-22(26-19(4)31)18(3)27-30(24)21-10-8-7-9-11-21/h7-11,20H,5-6,12-17H2,1-4H3,(H,25,32)(H,26,31). The van der Waals surface area contributed by atoms with Gasteiger partial charge in [-0.05, 0) is 45.0 Å². The average molecular weight is 441 g/mol. The molecule has 0 bridgehead atoms. The van der Waals surface area contributed by atoms with Gasteiger partial charge in [-0.2, -0.15) is 5.10 Å². The number of amides is 2. The van der Waals surface area contributed by atoms with Crippen molar-refractivity contribution in [3.63, 3.8) is 0 Å². The summed E-state index contributed by atoms with van der Waals surface area (Å²) in [6.07, 6.45) is 1.55. The van der Waals surface area contributed by atoms with E-state index in [1.807, 2.05) is 41.9 Å². The molecular formula is C24H36N6O2. The van der Waals surface area contributed by atoms with Crippen molar-refractivity contribution >= 4 is 23.3 Å². The van der Waals surface area contributed by atoms with Crippen molar-refractivity contribution in [3.05, 3.63) is 36.0 Å². The van der Waals surface area contributed by atoms with E-state index in [2.05, 4.69) is 34.3 Å². The predicted molar refractivity (Wildman–Crippen MR) is 128 cm³/mol. The number of nitrogens with zero attached hydrogens (tertiary/aromatic N) is 4. The van der Waals surface area contributed by atoms with Gasteiger partial charge in [0.25, 0.3) is 0 Å². The molecule has 0 saturated carbocycles. The van der Waals surface area contributed by atoms with E-state index in [9.17, 15) is 9.59 Å². The predicted octanol–water partition coefficient (Wildman–Crippen LogP) is 2.81. The molecule has 1 aliphatic rings. The lowest BCUT2D eigenvalue weighted by atomic mass is 9.96. The SMILES string of the molecule is CCN(CC)CCNC(=O)C1CCN(c2c(NC(C)=O)c(C)nn2-c2ccccc2)CC1. The van der Waals surface area contributed by atoms with Gasteiger partial charge < -0.3 is 20.4 Å². The third-order valence-electron chi connectivity index (χ3n) is 6.12. The number of hydrogen-bond acceptors (Lipinski definition) is 5. The molecule has 2 aromatic rings. The van der Waals surface area contributed by atoms with Gasteiger partial charge in [-0.1, -0.05) is 32.0 Å². The summed E-state index contributed by atoms with van der Waals surface area (Å²) in [4.78, 5) is 29.1. The van der Waals surface area contributed by atoms with E-state index in [0.29, 0.717) is 6.54 Å². The Morgan fingerprint density at radius 3 is 2.38 bits per heavy atom. The minimum Gasteiger partial charge on any atom is -0.355 e. The maximum atomic E-state index is 12.7. The van der Waals surface area contributed by atoms with Gasteiger partial charge in [0, 0.05) is 39.0 Å². The quantitative estimate of drug-likeness (QED) is 0.627. The average Bonchev–Trinajstić information content (AvgIpc) is 3.12. The van der Waals surface area contributed by atoms with Crippen molar-refractivity contribution in [1.29, 1.82) is 0 Å². The summed E-state index contributed by atoms with van der Waals surface area (Å²) >= 11 is 0. The summed E-state index contributed by atoms with van der Waals surface area (Å²) in [7, 11) is 0. The van der Waals surface area contributed by atoms with Crippen LogP contribution in [-0.4, -0.2) is 65.8 Å². The Balaban J connectivity index is 1.70. The largest absolute Gasteiger partial charge is 0.355 e. The Morgan fingerprint density at radius 2 is 1.78 bits per heavy atom. The van der Waals surface area contributed by atoms with Gasteiger partial charge in [0.05, 0.1) is 11.4 Å². The number of rotatable bonds is 9. The zero-order valence-corrected chi connectivity index (χ0v) is 19.7. The molecule has 1 aromatic carbocycles. The highest BCUT2D eigenvalue weighted by Crippen LogP contribution is 2.34. The first-order valence-electron chi connectivity index (χ1n) is 11.6. The van der Waals surface area contributed by atoms with Crippen LogP contribution in [0.15, 0.2) is 30.3 Å². The number of piperidine rings is 1. The van der Waals surface area contributed by atoms with Crippen molar-refractivity contribution in [2.45, 2.75) is 40.5 Å². The number of likely N-dealkylation sites (N-methyl/N-ethyl adjacent to an activating group) is 1. The number of para-hydroxylation sites is 1. The van der Waals surface area contributed by atoms with Gasteiger partial charge in [-0.25, -0.2) is 4.68 Å². The van der Waals surface area contributed by atoms with Crippen LogP contribution in [0.5, 0.6) is 0 Å². The Morgan fingerprint density at radius 1 is 1.12 bits per heavy atom. The van der Waals surface area contributed by atoms with E-state index in [0.717, 1.165) is 68.5 Å². The Bertz CT molecular complexity index is 899. The van der Waals surface area contributed by atoms with E-state index >= 15 is 0 Å². The fourth-order valence-corrected chi connectivity index (χ4v) is 4.25. The van der Waals surface area contributed by atoms with Gasteiger partial charge in [0.2, 0.25) is 11.8 Å². The summed E-state index contributed by atoms with van der Waals surface area (Å²) < 4.78 is 1.89. The lowest BCUT2D eigenvalue weighted by Gasteiger charge is -2.33. The molecule has 1 aromatic heterocycles. The molecule has 0 radical (unpaired) electrons. The molecule has 2 heterocycles. The minimum atomic E-state index is -0.121. The van der Waals surface area contributed by atoms with Crippen LogP contribution >= 0.6 is 0 Å². The summed E-state index contributed by atoms with van der Waals surface area (Å²) in [5.74, 6) is 0.918. The van der Waals surface area contributed by atoms with Crippen molar-refractivity contribution in [2.24, 2.45) is 5.92 Å². The summed E-state index contributed by atoms with van der Waals surface area (Å²) in [6, 6.07) is 9.93. The molecule has 2 amide bonds. The van der Waals surface area contributed by atoms with Crippen LogP contribution in [-0.2, 0) is 9.59 Å². The molecule has 2 N–H and O–H groups in total. The van der Waals surface area contributed by atoms with Crippen molar-refractivity contribution < 1.29 is 9.59 Å². The Labute approximate surface area is 191 Å². The lowest BCUT2D eigenvalue weighted by Crippen LogP contribution is -2.43. The molecule has 1 saturated heterocycles. The number of aromatic nitrogens is 2. The number of aryl methyl sites for hydroxylation is 1. The molecule has 174 valence electrons. The van der Waals surface area contributed by atoms with E-state index in [1.165, 1.54) is 6.92 Å². The van der Waals surface area contributed by atoms with Crippen molar-refractivity contribution in [3.8, 4) is 5.69 Å². The van der Waals surface area contributed by atoms with Crippen LogP contribution in [0.2, 0.25) is 0 Å². The van der Waals surface area contributed by atoms with Crippen LogP contribution in [0.3, 0.4) is 0 Å². The maximum absolute atomic E-state index is 12.7. The van der Waals surface area contributed by atoms with Gasteiger partial charge in [-0.15, -0.1) is 0 Å². The Hall–Kier alpha value is -2.87. The molecule has 0 atom stereocenters. The molecular weight excluding hydrogens is 404 g/mol. The number of anilines is 2. The molecule has 32 heavy (non-hydrogen) atoms. The second-order valence-corrected chi connectivity index (χ2v) is 8.29. The number of hydrogen-bond donors (Lipinski definition) is 2.